The maximum atomic E-state index is 13.6. The molecule has 0 radical (unpaired) electrons. The van der Waals surface area contributed by atoms with E-state index in [-0.39, 0.29) is 94.5 Å². The summed E-state index contributed by atoms with van der Waals surface area (Å²) in [6, 6.07) is 61.8. The summed E-state index contributed by atoms with van der Waals surface area (Å²) < 4.78 is 68.0. The average molecular weight is 1710 g/mol. The van der Waals surface area contributed by atoms with Gasteiger partial charge < -0.3 is 47.2 Å². The zero-order chi connectivity index (χ0) is 83.9. The summed E-state index contributed by atoms with van der Waals surface area (Å²) in [7, 11) is 0. The number of fused-ring (bicyclic) bond motifs is 14. The lowest BCUT2D eigenvalue weighted by atomic mass is 9.83. The zero-order valence-corrected chi connectivity index (χ0v) is 67.0. The third-order valence-electron chi connectivity index (χ3n) is 20.4. The first-order valence-electron chi connectivity index (χ1n) is 36.2. The van der Waals surface area contributed by atoms with Gasteiger partial charge in [-0.15, -0.1) is 0 Å². The maximum absolute atomic E-state index is 13.6. The van der Waals surface area contributed by atoms with Gasteiger partial charge in [0.05, 0.1) is 41.6 Å². The number of halogens is 6. The summed E-state index contributed by atoms with van der Waals surface area (Å²) in [6.45, 7) is 8.20. The van der Waals surface area contributed by atoms with Crippen LogP contribution in [0, 0.1) is 17.5 Å². The van der Waals surface area contributed by atoms with Crippen LogP contribution in [0.5, 0.6) is 23.0 Å². The van der Waals surface area contributed by atoms with Gasteiger partial charge in [0, 0.05) is 74.9 Å². The Kier molecular flexibility index (Phi) is 21.1. The second-order valence-electron chi connectivity index (χ2n) is 28.6. The van der Waals surface area contributed by atoms with Crippen molar-refractivity contribution in [1.82, 2.24) is 18.3 Å². The van der Waals surface area contributed by atoms with Gasteiger partial charge in [-0.1, -0.05) is 189 Å². The van der Waals surface area contributed by atoms with E-state index in [1.54, 1.807) is 137 Å². The van der Waals surface area contributed by atoms with E-state index in [1.165, 1.54) is 51.6 Å². The smallest absolute Gasteiger partial charge is 0.354 e. The Morgan fingerprint density at radius 2 is 0.773 bits per heavy atom. The molecule has 19 rings (SSSR count). The van der Waals surface area contributed by atoms with E-state index in [4.69, 9.17) is 52.5 Å². The monoisotopic (exact) mass is 1710 g/mol. The molecule has 29 heteroatoms. The van der Waals surface area contributed by atoms with Crippen LogP contribution in [0.3, 0.4) is 0 Å². The molecule has 0 atom stereocenters. The molecule has 0 saturated heterocycles. The largest absolute Gasteiger partial charge is 0.507 e. The second kappa shape index (κ2) is 31.5. The Bertz CT molecular complexity index is 7640. The number of aromatic hydroxyl groups is 4. The van der Waals surface area contributed by atoms with Crippen molar-refractivity contribution in [1.29, 1.82) is 0 Å². The van der Waals surface area contributed by atoms with Crippen molar-refractivity contribution >= 4 is 136 Å². The van der Waals surface area contributed by atoms with E-state index in [0.717, 1.165) is 69.5 Å². The number of pyridine rings is 4. The van der Waals surface area contributed by atoms with Gasteiger partial charge in [0.15, 0.2) is 28.4 Å². The van der Waals surface area contributed by atoms with Crippen LogP contribution in [0.4, 0.5) is 13.2 Å². The molecule has 17 aromatic rings. The highest BCUT2D eigenvalue weighted by molar-refractivity contribution is 8.00. The fourth-order valence-electron chi connectivity index (χ4n) is 14.7. The predicted octanol–water partition coefficient (Wildman–Crippen LogP) is 19.1. The summed E-state index contributed by atoms with van der Waals surface area (Å²) in [5.74, 6) is -3.05. The third kappa shape index (κ3) is 14.7. The Morgan fingerprint density at radius 3 is 1.25 bits per heavy atom. The molecule has 0 amide bonds. The summed E-state index contributed by atoms with van der Waals surface area (Å²) >= 11 is 21.2. The van der Waals surface area contributed by atoms with Gasteiger partial charge in [0.25, 0.3) is 22.2 Å². The number of aromatic nitrogens is 4. The van der Waals surface area contributed by atoms with Crippen LogP contribution in [0.15, 0.2) is 316 Å². The van der Waals surface area contributed by atoms with E-state index in [2.05, 4.69) is 0 Å². The molecule has 0 unspecified atom stereocenters. The van der Waals surface area contributed by atoms with Crippen molar-refractivity contribution in [2.75, 3.05) is 0 Å². The van der Waals surface area contributed by atoms with Gasteiger partial charge in [-0.25, -0.2) is 32.3 Å². The number of hydrogen-bond acceptors (Lipinski definition) is 19. The SMILES string of the molecule is CC1(C)c2ccccc2-n2c1cc1oc(=O)c(Sc3cccc(Cl)c3)c(O)c1c2=O.CC1(C)c2ccccc2-n2c1cc1oc(=O)cc(O)c1c2=O.O=c1oc2c(c(O)c1Sc1cccc(F)c1)c(=O)n(Cc1ccc(F)cc1)c1cc(Cl)ccc21.O=c1oc2c(c(O)c1Sc1ccccc1)c(=O)n(Cc1ccc(F)cc1)c1cc(Cl)ccc21. The van der Waals surface area contributed by atoms with Gasteiger partial charge in [-0.2, -0.15) is 0 Å². The number of benzene rings is 9. The molecule has 0 fully saturated rings. The minimum Gasteiger partial charge on any atom is -0.507 e. The number of rotatable bonds is 10. The number of hydrogen-bond donors (Lipinski definition) is 4. The third-order valence-corrected chi connectivity index (χ3v) is 24.2. The van der Waals surface area contributed by atoms with Crippen LogP contribution < -0.4 is 44.7 Å². The molecule has 10 heterocycles. The van der Waals surface area contributed by atoms with Gasteiger partial charge in [-0.05, 0) is 144 Å². The van der Waals surface area contributed by atoms with E-state index in [1.807, 2.05) is 82.3 Å². The molecule has 0 spiro atoms. The van der Waals surface area contributed by atoms with Crippen LogP contribution in [0.2, 0.25) is 15.1 Å². The van der Waals surface area contributed by atoms with Gasteiger partial charge in [-0.3, -0.25) is 28.3 Å². The number of nitrogens with zero attached hydrogens (tertiary/aromatic N) is 4. The lowest BCUT2D eigenvalue weighted by Crippen LogP contribution is -2.24. The van der Waals surface area contributed by atoms with Crippen LogP contribution in [-0.2, 0) is 23.9 Å². The first-order chi connectivity index (χ1) is 56.9. The molecule has 8 aromatic heterocycles. The topological polar surface area (TPSA) is 290 Å². The van der Waals surface area contributed by atoms with E-state index < -0.39 is 73.1 Å². The molecule has 20 nitrogen and oxygen atoms in total. The predicted molar refractivity (Wildman–Crippen MR) is 453 cm³/mol. The van der Waals surface area contributed by atoms with E-state index >= 15 is 0 Å². The Balaban J connectivity index is 0.000000120. The summed E-state index contributed by atoms with van der Waals surface area (Å²) in [5, 5.41) is 44.7. The molecule has 594 valence electrons. The molecule has 0 aliphatic carbocycles. The summed E-state index contributed by atoms with van der Waals surface area (Å²) in [4.78, 5) is 104. The van der Waals surface area contributed by atoms with Crippen LogP contribution in [0.1, 0.15) is 61.3 Å². The lowest BCUT2D eigenvalue weighted by molar-refractivity contribution is 0.445. The van der Waals surface area contributed by atoms with Crippen LogP contribution >= 0.6 is 70.1 Å². The Labute approximate surface area is 695 Å². The van der Waals surface area contributed by atoms with Gasteiger partial charge in [0.1, 0.15) is 70.6 Å². The number of para-hydroxylation sites is 2. The van der Waals surface area contributed by atoms with E-state index in [0.29, 0.717) is 68.4 Å². The quantitative estimate of drug-likeness (QED) is 0.0925. The van der Waals surface area contributed by atoms with Crippen LogP contribution in [0.25, 0.3) is 77.1 Å². The first-order valence-corrected chi connectivity index (χ1v) is 39.7. The minimum atomic E-state index is -0.869. The summed E-state index contributed by atoms with van der Waals surface area (Å²) in [5.41, 5.74) is 1.38. The average Bonchev–Trinajstić information content (AvgIpc) is 1.64. The normalized spacial score (nSPS) is 12.7. The van der Waals surface area contributed by atoms with Crippen molar-refractivity contribution in [2.24, 2.45) is 0 Å². The van der Waals surface area contributed by atoms with Crippen molar-refractivity contribution < 1.29 is 51.3 Å². The highest BCUT2D eigenvalue weighted by atomic mass is 35.5. The molecule has 4 N–H and O–H groups in total. The van der Waals surface area contributed by atoms with E-state index in [9.17, 15) is 72.0 Å². The van der Waals surface area contributed by atoms with Gasteiger partial charge >= 0.3 is 22.5 Å². The maximum Gasteiger partial charge on any atom is 0.354 e. The molecular weight excluding hydrogens is 1650 g/mol. The molecular formula is C90H58Cl3F3N4O16S3. The van der Waals surface area contributed by atoms with Crippen molar-refractivity contribution in [2.45, 2.75) is 81.0 Å². The first kappa shape index (κ1) is 79.9. The van der Waals surface area contributed by atoms with Crippen molar-refractivity contribution in [3.63, 3.8) is 0 Å². The van der Waals surface area contributed by atoms with Crippen molar-refractivity contribution in [3.8, 4) is 34.4 Å². The Morgan fingerprint density at radius 1 is 0.370 bits per heavy atom. The second-order valence-corrected chi connectivity index (χ2v) is 33.1. The highest BCUT2D eigenvalue weighted by Crippen LogP contribution is 2.47. The van der Waals surface area contributed by atoms with Crippen molar-refractivity contribution in [3.05, 3.63) is 380 Å². The lowest BCUT2D eigenvalue weighted by Gasteiger charge is -2.20. The molecule has 0 saturated carbocycles. The van der Waals surface area contributed by atoms with Gasteiger partial charge in [0.2, 0.25) is 0 Å². The highest BCUT2D eigenvalue weighted by Gasteiger charge is 2.40. The molecule has 2 aliphatic heterocycles. The molecule has 119 heavy (non-hydrogen) atoms. The minimum absolute atomic E-state index is 0.0121. The van der Waals surface area contributed by atoms with Crippen LogP contribution in [-0.4, -0.2) is 38.7 Å². The zero-order valence-electron chi connectivity index (χ0n) is 62.3. The molecule has 9 aromatic carbocycles. The standard InChI is InChI=1S/C25H14ClF2NO4S.C25H15ClFNO4S.C23H16ClNO4S.C17H13NO4/c26-14-6-9-18-19(10-14)29(12-13-4-7-15(27)8-5-13)24(31)20-21(30)23(25(32)33-22(18)20)34-17-3-1-2-16(28)11-17;26-15-8-11-18-19(12-15)28(13-14-6-9-16(27)10-7-14)24(30)20-21(29)23(25(31)32-22(18)20)33-17-4-2-1-3-5-17;1-23(2)14-8-3-4-9-15(14)25-17(23)11-16-18(21(25)27)19(26)20(22(28)29-16)30-13-7-5-6-12(24)10-13;1-17(2)9-5-3-4-6-10(9)18-13(17)8-12-15(16(18)21)11(19)7-14(20)22-12/h1-11,30H,12H2;1-12,29H,13H2;3-11,26H,1-2H3;3-8,19H,1-2H3. The molecule has 0 bridgehead atoms. The Hall–Kier alpha value is -13.0. The fourth-order valence-corrected chi connectivity index (χ4v) is 17.9. The fraction of sp³-hybridized carbons (Fsp3) is 0.0889. The molecule has 2 aliphatic rings. The summed E-state index contributed by atoms with van der Waals surface area (Å²) in [6.07, 6.45) is 0.